The number of halogens is 5. The first-order valence-electron chi connectivity index (χ1n) is 4.49. The van der Waals surface area contributed by atoms with E-state index in [0.29, 0.717) is 18.2 Å². The van der Waals surface area contributed by atoms with Gasteiger partial charge in [0.05, 0.1) is 16.8 Å². The lowest BCUT2D eigenvalue weighted by Gasteiger charge is -2.11. The number of nitrogens with one attached hydrogen (secondary N) is 1. The third-order valence-electron chi connectivity index (χ3n) is 1.95. The Morgan fingerprint density at radius 2 is 1.84 bits per heavy atom. The molecule has 1 aromatic carbocycles. The second kappa shape index (κ2) is 5.00. The number of hydrogen-bond acceptors (Lipinski definition) is 3. The van der Waals surface area contributed by atoms with Crippen LogP contribution in [0, 0.1) is 11.3 Å². The monoisotopic (exact) mass is 300 g/mol. The summed E-state index contributed by atoms with van der Waals surface area (Å²) in [7, 11) is -5.05. The summed E-state index contributed by atoms with van der Waals surface area (Å²) in [5, 5.41) is 8.60. The molecule has 0 aromatic heterocycles. The van der Waals surface area contributed by atoms with Crippen molar-refractivity contribution in [2.75, 3.05) is 4.72 Å². The molecule has 0 saturated heterocycles. The molecule has 104 valence electrons. The van der Waals surface area contributed by atoms with Crippen LogP contribution in [0.5, 0.6) is 0 Å². The van der Waals surface area contributed by atoms with Gasteiger partial charge in [0.2, 0.25) is 0 Å². The van der Waals surface area contributed by atoms with Crippen molar-refractivity contribution in [1.82, 2.24) is 0 Å². The molecule has 10 heteroatoms. The number of benzene rings is 1. The van der Waals surface area contributed by atoms with Crippen molar-refractivity contribution >= 4 is 15.7 Å². The number of sulfonamides is 1. The standard InChI is InChI=1S/C9H5F5N2O2S/c10-8(11)19(17,18)16-7-2-1-6(9(12,13)14)3-5(7)4-15/h1-3,8,16H. The lowest BCUT2D eigenvalue weighted by Crippen LogP contribution is -2.21. The average Bonchev–Trinajstić information content (AvgIpc) is 2.27. The van der Waals surface area contributed by atoms with Gasteiger partial charge in [-0.1, -0.05) is 0 Å². The minimum Gasteiger partial charge on any atom is -0.277 e. The molecule has 0 spiro atoms. The van der Waals surface area contributed by atoms with Crippen molar-refractivity contribution in [3.8, 4) is 6.07 Å². The van der Waals surface area contributed by atoms with Gasteiger partial charge in [-0.2, -0.15) is 27.2 Å². The minimum absolute atomic E-state index is 0.364. The molecule has 0 saturated carbocycles. The maximum Gasteiger partial charge on any atom is 0.416 e. The van der Waals surface area contributed by atoms with E-state index in [-0.39, 0.29) is 0 Å². The Kier molecular flexibility index (Phi) is 4.00. The van der Waals surface area contributed by atoms with Crippen molar-refractivity contribution in [2.24, 2.45) is 0 Å². The first-order valence-corrected chi connectivity index (χ1v) is 6.03. The number of anilines is 1. The molecule has 1 N–H and O–H groups in total. The number of rotatable bonds is 3. The molecular weight excluding hydrogens is 295 g/mol. The van der Waals surface area contributed by atoms with Gasteiger partial charge in [-0.3, -0.25) is 4.72 Å². The molecule has 0 aliphatic heterocycles. The third kappa shape index (κ3) is 3.54. The Bertz CT molecular complexity index is 618. The fourth-order valence-electron chi connectivity index (χ4n) is 1.10. The van der Waals surface area contributed by atoms with Crippen molar-refractivity contribution in [3.05, 3.63) is 29.3 Å². The van der Waals surface area contributed by atoms with Gasteiger partial charge in [0, 0.05) is 0 Å². The van der Waals surface area contributed by atoms with Gasteiger partial charge in [0.1, 0.15) is 6.07 Å². The van der Waals surface area contributed by atoms with Crippen LogP contribution in [-0.4, -0.2) is 14.2 Å². The number of hydrogen-bond donors (Lipinski definition) is 1. The highest BCUT2D eigenvalue weighted by Crippen LogP contribution is 2.32. The SMILES string of the molecule is N#Cc1cc(C(F)(F)F)ccc1NS(=O)(=O)C(F)F. The van der Waals surface area contributed by atoms with Crippen LogP contribution >= 0.6 is 0 Å². The average molecular weight is 300 g/mol. The van der Waals surface area contributed by atoms with E-state index in [0.717, 1.165) is 0 Å². The van der Waals surface area contributed by atoms with Gasteiger partial charge in [-0.25, -0.2) is 8.42 Å². The van der Waals surface area contributed by atoms with Crippen LogP contribution < -0.4 is 4.72 Å². The largest absolute Gasteiger partial charge is 0.416 e. The van der Waals surface area contributed by atoms with Crippen LogP contribution in [0.1, 0.15) is 11.1 Å². The Morgan fingerprint density at radius 3 is 2.26 bits per heavy atom. The van der Waals surface area contributed by atoms with E-state index in [1.165, 1.54) is 10.8 Å². The molecule has 0 aliphatic rings. The van der Waals surface area contributed by atoms with E-state index in [4.69, 9.17) is 5.26 Å². The maximum atomic E-state index is 12.3. The molecule has 0 radical (unpaired) electrons. The Morgan fingerprint density at radius 1 is 1.26 bits per heavy atom. The van der Waals surface area contributed by atoms with Crippen LogP contribution in [0.4, 0.5) is 27.6 Å². The normalized spacial score (nSPS) is 12.3. The van der Waals surface area contributed by atoms with Gasteiger partial charge in [-0.05, 0) is 18.2 Å². The highest BCUT2D eigenvalue weighted by molar-refractivity contribution is 7.93. The molecule has 0 fully saturated rings. The summed E-state index contributed by atoms with van der Waals surface area (Å²) < 4.78 is 84.2. The third-order valence-corrected chi connectivity index (χ3v) is 2.93. The van der Waals surface area contributed by atoms with E-state index in [9.17, 15) is 30.4 Å². The van der Waals surface area contributed by atoms with Gasteiger partial charge in [0.15, 0.2) is 0 Å². The van der Waals surface area contributed by atoms with E-state index in [2.05, 4.69) is 0 Å². The van der Waals surface area contributed by atoms with Crippen LogP contribution in [0.15, 0.2) is 18.2 Å². The summed E-state index contributed by atoms with van der Waals surface area (Å²) in [6.07, 6.45) is -4.73. The van der Waals surface area contributed by atoms with E-state index in [1.807, 2.05) is 0 Å². The van der Waals surface area contributed by atoms with Gasteiger partial charge in [-0.15, -0.1) is 0 Å². The maximum absolute atomic E-state index is 12.3. The second-order valence-electron chi connectivity index (χ2n) is 3.28. The Balaban J connectivity index is 3.23. The van der Waals surface area contributed by atoms with Crippen LogP contribution in [0.3, 0.4) is 0 Å². The summed E-state index contributed by atoms with van der Waals surface area (Å²) in [6, 6.07) is 2.74. The summed E-state index contributed by atoms with van der Waals surface area (Å²) >= 11 is 0. The Hall–Kier alpha value is -1.89. The number of alkyl halides is 5. The highest BCUT2D eigenvalue weighted by atomic mass is 32.2. The Labute approximate surface area is 104 Å². The number of nitrogens with zero attached hydrogens (tertiary/aromatic N) is 1. The van der Waals surface area contributed by atoms with Crippen molar-refractivity contribution < 1.29 is 30.4 Å². The fourth-order valence-corrected chi connectivity index (χ4v) is 1.67. The molecule has 19 heavy (non-hydrogen) atoms. The smallest absolute Gasteiger partial charge is 0.277 e. The van der Waals surface area contributed by atoms with Crippen LogP contribution in [0.25, 0.3) is 0 Å². The van der Waals surface area contributed by atoms with Crippen molar-refractivity contribution in [1.29, 1.82) is 5.26 Å². The molecule has 1 rings (SSSR count). The van der Waals surface area contributed by atoms with E-state index < -0.39 is 38.8 Å². The first-order chi connectivity index (χ1) is 8.58. The van der Waals surface area contributed by atoms with Gasteiger partial charge in [0.25, 0.3) is 10.0 Å². The topological polar surface area (TPSA) is 70.0 Å². The van der Waals surface area contributed by atoms with Crippen molar-refractivity contribution in [3.63, 3.8) is 0 Å². The molecule has 0 amide bonds. The summed E-state index contributed by atoms with van der Waals surface area (Å²) in [5.74, 6) is -3.76. The van der Waals surface area contributed by atoms with Gasteiger partial charge < -0.3 is 0 Å². The zero-order chi connectivity index (χ0) is 14.8. The lowest BCUT2D eigenvalue weighted by molar-refractivity contribution is -0.137. The van der Waals surface area contributed by atoms with Gasteiger partial charge >= 0.3 is 11.9 Å². The highest BCUT2D eigenvalue weighted by Gasteiger charge is 2.32. The number of nitriles is 1. The zero-order valence-corrected chi connectivity index (χ0v) is 9.69. The zero-order valence-electron chi connectivity index (χ0n) is 8.87. The van der Waals surface area contributed by atoms with Crippen molar-refractivity contribution in [2.45, 2.75) is 11.9 Å². The van der Waals surface area contributed by atoms with E-state index in [1.54, 1.807) is 0 Å². The first kappa shape index (κ1) is 15.2. The second-order valence-corrected chi connectivity index (χ2v) is 4.93. The molecule has 0 bridgehead atoms. The molecule has 0 atom stereocenters. The fraction of sp³-hybridized carbons (Fsp3) is 0.222. The quantitative estimate of drug-likeness (QED) is 0.872. The molecule has 0 heterocycles. The minimum atomic E-state index is -5.05. The molecular formula is C9H5F5N2O2S. The van der Waals surface area contributed by atoms with Crippen LogP contribution in [0.2, 0.25) is 0 Å². The molecule has 1 aromatic rings. The molecule has 4 nitrogen and oxygen atoms in total. The molecule has 0 aliphatic carbocycles. The summed E-state index contributed by atoms with van der Waals surface area (Å²) in [6.45, 7) is 0. The molecule has 0 unspecified atom stereocenters. The lowest BCUT2D eigenvalue weighted by atomic mass is 10.1. The van der Waals surface area contributed by atoms with Crippen LogP contribution in [-0.2, 0) is 16.2 Å². The summed E-state index contributed by atoms with van der Waals surface area (Å²) in [4.78, 5) is 0. The van der Waals surface area contributed by atoms with E-state index >= 15 is 0 Å². The predicted octanol–water partition coefficient (Wildman–Crippen LogP) is 2.54. The predicted molar refractivity (Wildman–Crippen MR) is 54.7 cm³/mol. The summed E-state index contributed by atoms with van der Waals surface area (Å²) in [5.41, 5.74) is -2.54.